The number of para-hydroxylation sites is 1. The zero-order chi connectivity index (χ0) is 15.8. The van der Waals surface area contributed by atoms with Crippen molar-refractivity contribution < 1.29 is 9.72 Å². The zero-order valence-corrected chi connectivity index (χ0v) is 12.3. The molecule has 1 rings (SSSR count). The molecule has 0 fully saturated rings. The molecule has 114 valence electrons. The molecule has 1 amide bonds. The van der Waals surface area contributed by atoms with E-state index in [0.29, 0.717) is 18.0 Å². The van der Waals surface area contributed by atoms with Gasteiger partial charge in [0.05, 0.1) is 10.5 Å². The summed E-state index contributed by atoms with van der Waals surface area (Å²) in [6.07, 6.45) is 3.53. The highest BCUT2D eigenvalue weighted by molar-refractivity contribution is 5.92. The van der Waals surface area contributed by atoms with Crippen molar-refractivity contribution in [2.75, 3.05) is 6.54 Å². The van der Waals surface area contributed by atoms with E-state index in [2.05, 4.69) is 19.2 Å². The van der Waals surface area contributed by atoms with Gasteiger partial charge >= 0.3 is 0 Å². The van der Waals surface area contributed by atoms with Gasteiger partial charge in [-0.3, -0.25) is 14.9 Å². The molecule has 6 nitrogen and oxygen atoms in total. The Morgan fingerprint density at radius 2 is 2.10 bits per heavy atom. The van der Waals surface area contributed by atoms with Crippen LogP contribution in [0.1, 0.15) is 25.8 Å². The predicted molar refractivity (Wildman–Crippen MR) is 82.6 cm³/mol. The number of hydrogen-bond donors (Lipinski definition) is 2. The molecule has 0 bridgehead atoms. The lowest BCUT2D eigenvalue weighted by molar-refractivity contribution is -0.385. The first kappa shape index (κ1) is 16.8. The van der Waals surface area contributed by atoms with Gasteiger partial charge in [-0.25, -0.2) is 0 Å². The number of hydrogen-bond acceptors (Lipinski definition) is 4. The van der Waals surface area contributed by atoms with Crippen LogP contribution in [0.3, 0.4) is 0 Å². The van der Waals surface area contributed by atoms with Crippen LogP contribution >= 0.6 is 0 Å². The van der Waals surface area contributed by atoms with E-state index >= 15 is 0 Å². The third kappa shape index (κ3) is 5.74. The third-order valence-corrected chi connectivity index (χ3v) is 2.93. The number of carbonyl (C=O) groups is 1. The van der Waals surface area contributed by atoms with E-state index in [-0.39, 0.29) is 17.6 Å². The molecule has 0 heterocycles. The molecular weight excluding hydrogens is 270 g/mol. The Morgan fingerprint density at radius 3 is 2.67 bits per heavy atom. The van der Waals surface area contributed by atoms with Gasteiger partial charge in [-0.15, -0.1) is 0 Å². The first-order valence-corrected chi connectivity index (χ1v) is 6.86. The largest absolute Gasteiger partial charge is 0.349 e. The van der Waals surface area contributed by atoms with E-state index in [4.69, 9.17) is 5.73 Å². The normalized spacial score (nSPS) is 12.6. The van der Waals surface area contributed by atoms with E-state index in [1.165, 1.54) is 18.2 Å². The van der Waals surface area contributed by atoms with Gasteiger partial charge in [-0.2, -0.15) is 0 Å². The third-order valence-electron chi connectivity index (χ3n) is 2.93. The van der Waals surface area contributed by atoms with Crippen LogP contribution in [0.5, 0.6) is 0 Å². The molecule has 0 radical (unpaired) electrons. The van der Waals surface area contributed by atoms with Gasteiger partial charge in [-0.05, 0) is 24.5 Å². The lowest BCUT2D eigenvalue weighted by atomic mass is 10.0. The molecule has 0 aliphatic carbocycles. The van der Waals surface area contributed by atoms with Crippen LogP contribution in [0.15, 0.2) is 30.3 Å². The maximum absolute atomic E-state index is 11.8. The highest BCUT2D eigenvalue weighted by Gasteiger charge is 2.12. The van der Waals surface area contributed by atoms with Crippen molar-refractivity contribution in [1.82, 2.24) is 5.32 Å². The summed E-state index contributed by atoms with van der Waals surface area (Å²) in [7, 11) is 0. The molecule has 21 heavy (non-hydrogen) atoms. The Balaban J connectivity index is 2.72. The number of amides is 1. The van der Waals surface area contributed by atoms with E-state index in [0.717, 1.165) is 6.42 Å². The molecule has 0 spiro atoms. The monoisotopic (exact) mass is 291 g/mol. The Kier molecular flexibility index (Phi) is 6.55. The second kappa shape index (κ2) is 8.16. The van der Waals surface area contributed by atoms with Crippen LogP contribution in [-0.2, 0) is 4.79 Å². The number of nitrogens with two attached hydrogens (primary N) is 1. The minimum atomic E-state index is -0.473. The summed E-state index contributed by atoms with van der Waals surface area (Å²) in [5, 5.41) is 13.7. The number of nitrogens with one attached hydrogen (secondary N) is 1. The van der Waals surface area contributed by atoms with Gasteiger partial charge in [0.2, 0.25) is 5.91 Å². The number of benzene rings is 1. The SMILES string of the molecule is CC(C)CC(CN)NC(=O)C=Cc1ccccc1[N+](=O)[O-]. The molecule has 1 atom stereocenters. The van der Waals surface area contributed by atoms with Crippen LogP contribution in [0.25, 0.3) is 6.08 Å². The van der Waals surface area contributed by atoms with Crippen LogP contribution in [0.2, 0.25) is 0 Å². The van der Waals surface area contributed by atoms with E-state index in [1.807, 2.05) is 0 Å². The Morgan fingerprint density at radius 1 is 1.43 bits per heavy atom. The van der Waals surface area contributed by atoms with E-state index < -0.39 is 4.92 Å². The highest BCUT2D eigenvalue weighted by atomic mass is 16.6. The van der Waals surface area contributed by atoms with Gasteiger partial charge in [0.25, 0.3) is 5.69 Å². The van der Waals surface area contributed by atoms with Gasteiger partial charge in [0, 0.05) is 24.7 Å². The molecule has 0 saturated heterocycles. The van der Waals surface area contributed by atoms with E-state index in [1.54, 1.807) is 18.2 Å². The minimum Gasteiger partial charge on any atom is -0.349 e. The number of nitro benzene ring substituents is 1. The van der Waals surface area contributed by atoms with Crippen molar-refractivity contribution in [3.8, 4) is 0 Å². The first-order valence-electron chi connectivity index (χ1n) is 6.86. The Hall–Kier alpha value is -2.21. The van der Waals surface area contributed by atoms with Crippen LogP contribution in [0.4, 0.5) is 5.69 Å². The molecule has 6 heteroatoms. The summed E-state index contributed by atoms with van der Waals surface area (Å²) in [4.78, 5) is 22.2. The number of nitro groups is 1. The second-order valence-electron chi connectivity index (χ2n) is 5.22. The molecule has 3 N–H and O–H groups in total. The lowest BCUT2D eigenvalue weighted by Crippen LogP contribution is -2.40. The predicted octanol–water partition coefficient (Wildman–Crippen LogP) is 2.10. The summed E-state index contributed by atoms with van der Waals surface area (Å²) < 4.78 is 0. The smallest absolute Gasteiger partial charge is 0.276 e. The number of carbonyl (C=O) groups excluding carboxylic acids is 1. The average Bonchev–Trinajstić information content (AvgIpc) is 2.44. The zero-order valence-electron chi connectivity index (χ0n) is 12.3. The van der Waals surface area contributed by atoms with Crippen LogP contribution in [-0.4, -0.2) is 23.4 Å². The summed E-state index contributed by atoms with van der Waals surface area (Å²) in [6.45, 7) is 4.47. The Labute approximate surface area is 124 Å². The van der Waals surface area contributed by atoms with Crippen LogP contribution in [0, 0.1) is 16.0 Å². The van der Waals surface area contributed by atoms with Gasteiger partial charge in [0.15, 0.2) is 0 Å². The molecule has 0 saturated carbocycles. The van der Waals surface area contributed by atoms with Crippen molar-refractivity contribution in [2.45, 2.75) is 26.3 Å². The van der Waals surface area contributed by atoms with Crippen molar-refractivity contribution in [3.63, 3.8) is 0 Å². The fourth-order valence-corrected chi connectivity index (χ4v) is 1.99. The molecule has 1 aromatic carbocycles. The topological polar surface area (TPSA) is 98.3 Å². The standard InChI is InChI=1S/C15H21N3O3/c1-11(2)9-13(10-16)17-15(19)8-7-12-5-3-4-6-14(12)18(20)21/h3-8,11,13H,9-10,16H2,1-2H3,(H,17,19). The average molecular weight is 291 g/mol. The molecule has 1 unspecified atom stereocenters. The van der Waals surface area contributed by atoms with Crippen molar-refractivity contribution >= 4 is 17.7 Å². The highest BCUT2D eigenvalue weighted by Crippen LogP contribution is 2.18. The van der Waals surface area contributed by atoms with Gasteiger partial charge < -0.3 is 11.1 Å². The van der Waals surface area contributed by atoms with Crippen molar-refractivity contribution in [2.24, 2.45) is 11.7 Å². The fraction of sp³-hybridized carbons (Fsp3) is 0.400. The van der Waals surface area contributed by atoms with E-state index in [9.17, 15) is 14.9 Å². The molecule has 0 aliphatic heterocycles. The summed E-state index contributed by atoms with van der Waals surface area (Å²) in [6, 6.07) is 6.18. The van der Waals surface area contributed by atoms with Crippen molar-refractivity contribution in [1.29, 1.82) is 0 Å². The fourth-order valence-electron chi connectivity index (χ4n) is 1.99. The second-order valence-corrected chi connectivity index (χ2v) is 5.22. The van der Waals surface area contributed by atoms with Gasteiger partial charge in [0.1, 0.15) is 0 Å². The molecule has 0 aromatic heterocycles. The quantitative estimate of drug-likeness (QED) is 0.456. The minimum absolute atomic E-state index is 0.0286. The summed E-state index contributed by atoms with van der Waals surface area (Å²) in [5.74, 6) is 0.127. The maximum Gasteiger partial charge on any atom is 0.276 e. The summed E-state index contributed by atoms with van der Waals surface area (Å²) >= 11 is 0. The maximum atomic E-state index is 11.8. The number of rotatable bonds is 7. The van der Waals surface area contributed by atoms with Crippen LogP contribution < -0.4 is 11.1 Å². The van der Waals surface area contributed by atoms with Gasteiger partial charge in [-0.1, -0.05) is 26.0 Å². The first-order chi connectivity index (χ1) is 9.93. The summed E-state index contributed by atoms with van der Waals surface area (Å²) in [5.41, 5.74) is 5.98. The molecule has 1 aromatic rings. The van der Waals surface area contributed by atoms with Crippen molar-refractivity contribution in [3.05, 3.63) is 46.0 Å². The molecule has 0 aliphatic rings. The lowest BCUT2D eigenvalue weighted by Gasteiger charge is -2.17. The number of nitrogens with zero attached hydrogens (tertiary/aromatic N) is 1. The Bertz CT molecular complexity index is 527. The molecular formula is C15H21N3O3.